The van der Waals surface area contributed by atoms with Gasteiger partial charge in [-0.15, -0.1) is 0 Å². The summed E-state index contributed by atoms with van der Waals surface area (Å²) in [6.45, 7) is 6.65. The molecule has 1 aromatic carbocycles. The normalized spacial score (nSPS) is 11.9. The fraction of sp³-hybridized carbons (Fsp3) is 0.562. The Bertz CT molecular complexity index is 381. The number of anilines is 1. The minimum absolute atomic E-state index is 0.126. The van der Waals surface area contributed by atoms with E-state index in [0.717, 1.165) is 26.1 Å². The number of nitrogens with zero attached hydrogens (tertiary/aromatic N) is 1. The van der Waals surface area contributed by atoms with Crippen LogP contribution in [-0.2, 0) is 4.79 Å². The van der Waals surface area contributed by atoms with E-state index in [9.17, 15) is 4.79 Å². The molecule has 20 heavy (non-hydrogen) atoms. The van der Waals surface area contributed by atoms with Crippen LogP contribution in [0.3, 0.4) is 0 Å². The van der Waals surface area contributed by atoms with Crippen molar-refractivity contribution in [3.05, 3.63) is 30.3 Å². The van der Waals surface area contributed by atoms with Crippen molar-refractivity contribution >= 4 is 11.6 Å². The van der Waals surface area contributed by atoms with Gasteiger partial charge in [-0.05, 0) is 32.0 Å². The topological polar surface area (TPSA) is 44.4 Å². The van der Waals surface area contributed by atoms with Crippen LogP contribution in [0.4, 0.5) is 5.69 Å². The van der Waals surface area contributed by atoms with Gasteiger partial charge in [0, 0.05) is 38.3 Å². The number of carbonyl (C=O) groups is 1. The Kier molecular flexibility index (Phi) is 7.73. The molecule has 4 heteroatoms. The first kappa shape index (κ1) is 16.5. The number of hydrogen-bond donors (Lipinski definition) is 2. The molecule has 0 aliphatic heterocycles. The van der Waals surface area contributed by atoms with E-state index in [-0.39, 0.29) is 11.9 Å². The quantitative estimate of drug-likeness (QED) is 0.679. The summed E-state index contributed by atoms with van der Waals surface area (Å²) in [4.78, 5) is 13.9. The molecule has 0 aromatic heterocycles. The summed E-state index contributed by atoms with van der Waals surface area (Å²) in [6, 6.07) is 10.5. The summed E-state index contributed by atoms with van der Waals surface area (Å²) in [5.74, 6) is 0.126. The number of amides is 1. The smallest absolute Gasteiger partial charge is 0.221 e. The molecule has 0 saturated carbocycles. The van der Waals surface area contributed by atoms with Gasteiger partial charge >= 0.3 is 0 Å². The molecule has 0 spiro atoms. The number of para-hydroxylation sites is 1. The van der Waals surface area contributed by atoms with Crippen molar-refractivity contribution in [2.24, 2.45) is 0 Å². The average molecular weight is 277 g/mol. The zero-order valence-electron chi connectivity index (χ0n) is 12.9. The standard InChI is InChI=1S/C16H27N3O/c1-4-17-14(2)13-16(20)18-11-8-12-19(3)15-9-6-5-7-10-15/h5-7,9-10,14,17H,4,8,11-13H2,1-3H3,(H,18,20). The minimum Gasteiger partial charge on any atom is -0.375 e. The monoisotopic (exact) mass is 277 g/mol. The van der Waals surface area contributed by atoms with Gasteiger partial charge < -0.3 is 15.5 Å². The number of rotatable bonds is 9. The van der Waals surface area contributed by atoms with Crippen LogP contribution in [0, 0.1) is 0 Å². The van der Waals surface area contributed by atoms with Crippen molar-refractivity contribution in [1.82, 2.24) is 10.6 Å². The van der Waals surface area contributed by atoms with Gasteiger partial charge in [0.25, 0.3) is 0 Å². The lowest BCUT2D eigenvalue weighted by Crippen LogP contribution is -2.34. The second-order valence-electron chi connectivity index (χ2n) is 5.12. The summed E-state index contributed by atoms with van der Waals surface area (Å²) in [6.07, 6.45) is 1.50. The lowest BCUT2D eigenvalue weighted by molar-refractivity contribution is -0.121. The molecule has 112 valence electrons. The van der Waals surface area contributed by atoms with Gasteiger partial charge in [0.2, 0.25) is 5.91 Å². The maximum atomic E-state index is 11.7. The van der Waals surface area contributed by atoms with Gasteiger partial charge in [0.1, 0.15) is 0 Å². The van der Waals surface area contributed by atoms with Crippen LogP contribution in [0.5, 0.6) is 0 Å². The first-order valence-corrected chi connectivity index (χ1v) is 7.39. The van der Waals surface area contributed by atoms with E-state index in [0.29, 0.717) is 6.42 Å². The van der Waals surface area contributed by atoms with E-state index in [1.165, 1.54) is 5.69 Å². The third-order valence-electron chi connectivity index (χ3n) is 3.23. The van der Waals surface area contributed by atoms with Gasteiger partial charge in [-0.25, -0.2) is 0 Å². The highest BCUT2D eigenvalue weighted by atomic mass is 16.1. The van der Waals surface area contributed by atoms with Gasteiger partial charge in [-0.3, -0.25) is 4.79 Å². The molecule has 0 radical (unpaired) electrons. The molecule has 1 unspecified atom stereocenters. The first-order chi connectivity index (χ1) is 9.63. The van der Waals surface area contributed by atoms with E-state index in [2.05, 4.69) is 34.7 Å². The molecular formula is C16H27N3O. The van der Waals surface area contributed by atoms with Gasteiger partial charge in [0.15, 0.2) is 0 Å². The van der Waals surface area contributed by atoms with Crippen LogP contribution in [0.25, 0.3) is 0 Å². The molecule has 0 fully saturated rings. The Morgan fingerprint density at radius 2 is 2.00 bits per heavy atom. The maximum absolute atomic E-state index is 11.7. The molecule has 0 bridgehead atoms. The van der Waals surface area contributed by atoms with Gasteiger partial charge in [-0.2, -0.15) is 0 Å². The number of carbonyl (C=O) groups excluding carboxylic acids is 1. The average Bonchev–Trinajstić information content (AvgIpc) is 2.44. The molecule has 0 heterocycles. The maximum Gasteiger partial charge on any atom is 0.221 e. The summed E-state index contributed by atoms with van der Waals surface area (Å²) < 4.78 is 0. The minimum atomic E-state index is 0.126. The molecule has 2 N–H and O–H groups in total. The highest BCUT2D eigenvalue weighted by Gasteiger charge is 2.07. The lowest BCUT2D eigenvalue weighted by atomic mass is 10.2. The molecule has 1 rings (SSSR count). The van der Waals surface area contributed by atoms with Crippen molar-refractivity contribution in [3.63, 3.8) is 0 Å². The molecule has 1 atom stereocenters. The summed E-state index contributed by atoms with van der Waals surface area (Å²) in [7, 11) is 2.07. The zero-order chi connectivity index (χ0) is 14.8. The Morgan fingerprint density at radius 3 is 2.65 bits per heavy atom. The van der Waals surface area contributed by atoms with Gasteiger partial charge in [0.05, 0.1) is 0 Å². The Morgan fingerprint density at radius 1 is 1.30 bits per heavy atom. The Labute approximate surface area is 122 Å². The van der Waals surface area contributed by atoms with E-state index in [1.807, 2.05) is 32.0 Å². The zero-order valence-corrected chi connectivity index (χ0v) is 12.9. The third-order valence-corrected chi connectivity index (χ3v) is 3.23. The highest BCUT2D eigenvalue weighted by molar-refractivity contribution is 5.76. The van der Waals surface area contributed by atoms with Crippen LogP contribution in [0.15, 0.2) is 30.3 Å². The van der Waals surface area contributed by atoms with Crippen LogP contribution >= 0.6 is 0 Å². The largest absolute Gasteiger partial charge is 0.375 e. The summed E-state index contributed by atoms with van der Waals surface area (Å²) >= 11 is 0. The Hall–Kier alpha value is -1.55. The van der Waals surface area contributed by atoms with Crippen molar-refractivity contribution in [2.75, 3.05) is 31.6 Å². The third kappa shape index (κ3) is 6.57. The number of nitrogens with one attached hydrogen (secondary N) is 2. The van der Waals surface area contributed by atoms with Crippen LogP contribution in [-0.4, -0.2) is 38.6 Å². The summed E-state index contributed by atoms with van der Waals surface area (Å²) in [5, 5.41) is 6.21. The highest BCUT2D eigenvalue weighted by Crippen LogP contribution is 2.10. The lowest BCUT2D eigenvalue weighted by Gasteiger charge is -2.19. The number of hydrogen-bond acceptors (Lipinski definition) is 3. The van der Waals surface area contributed by atoms with Crippen molar-refractivity contribution in [1.29, 1.82) is 0 Å². The first-order valence-electron chi connectivity index (χ1n) is 7.39. The van der Waals surface area contributed by atoms with Crippen LogP contribution < -0.4 is 15.5 Å². The molecule has 0 saturated heterocycles. The van der Waals surface area contributed by atoms with Crippen LogP contribution in [0.1, 0.15) is 26.7 Å². The molecule has 0 aliphatic carbocycles. The van der Waals surface area contributed by atoms with Crippen molar-refractivity contribution in [2.45, 2.75) is 32.7 Å². The second-order valence-corrected chi connectivity index (χ2v) is 5.12. The molecule has 1 aromatic rings. The second kappa shape index (κ2) is 9.37. The number of benzene rings is 1. The van der Waals surface area contributed by atoms with Crippen LogP contribution in [0.2, 0.25) is 0 Å². The summed E-state index contributed by atoms with van der Waals surface area (Å²) in [5.41, 5.74) is 1.21. The van der Waals surface area contributed by atoms with E-state index in [1.54, 1.807) is 0 Å². The van der Waals surface area contributed by atoms with E-state index < -0.39 is 0 Å². The fourth-order valence-corrected chi connectivity index (χ4v) is 2.13. The molecule has 1 amide bonds. The molecular weight excluding hydrogens is 250 g/mol. The van der Waals surface area contributed by atoms with Crippen molar-refractivity contribution in [3.8, 4) is 0 Å². The molecule has 0 aliphatic rings. The van der Waals surface area contributed by atoms with Crippen molar-refractivity contribution < 1.29 is 4.79 Å². The Balaban J connectivity index is 2.14. The predicted octanol–water partition coefficient (Wildman–Crippen LogP) is 2.02. The molecule has 4 nitrogen and oxygen atoms in total. The van der Waals surface area contributed by atoms with E-state index >= 15 is 0 Å². The van der Waals surface area contributed by atoms with E-state index in [4.69, 9.17) is 0 Å². The van der Waals surface area contributed by atoms with Gasteiger partial charge in [-0.1, -0.05) is 25.1 Å². The predicted molar refractivity (Wildman–Crippen MR) is 85.1 cm³/mol. The fourth-order valence-electron chi connectivity index (χ4n) is 2.13. The SMILES string of the molecule is CCNC(C)CC(=O)NCCCN(C)c1ccccc1.